The van der Waals surface area contributed by atoms with E-state index >= 15 is 0 Å². The molecule has 0 bridgehead atoms. The number of amides is 1. The Bertz CT molecular complexity index is 1130. The van der Waals surface area contributed by atoms with E-state index in [-0.39, 0.29) is 19.4 Å². The SMILES string of the molecule is O=C(O)CC[C@H](NC(=O)OCc1ccc2c(c1)Cc1ccccc1-2)c1cccc(Cl)c1. The predicted molar refractivity (Wildman–Crippen MR) is 119 cm³/mol. The van der Waals surface area contributed by atoms with Gasteiger partial charge in [-0.05, 0) is 58.4 Å². The molecule has 1 atom stereocenters. The molecule has 5 nitrogen and oxygen atoms in total. The van der Waals surface area contributed by atoms with E-state index < -0.39 is 18.1 Å². The average molecular weight is 436 g/mol. The van der Waals surface area contributed by atoms with Gasteiger partial charge in [-0.3, -0.25) is 4.79 Å². The van der Waals surface area contributed by atoms with Crippen molar-refractivity contribution in [2.24, 2.45) is 0 Å². The molecule has 0 saturated carbocycles. The van der Waals surface area contributed by atoms with Crippen molar-refractivity contribution in [1.29, 1.82) is 0 Å². The van der Waals surface area contributed by atoms with Crippen LogP contribution in [0.4, 0.5) is 4.79 Å². The van der Waals surface area contributed by atoms with E-state index in [1.54, 1.807) is 24.3 Å². The number of fused-ring (bicyclic) bond motifs is 3. The van der Waals surface area contributed by atoms with Crippen LogP contribution in [0.1, 0.15) is 41.1 Å². The van der Waals surface area contributed by atoms with Crippen molar-refractivity contribution in [1.82, 2.24) is 5.32 Å². The number of hydrogen-bond acceptors (Lipinski definition) is 3. The van der Waals surface area contributed by atoms with Crippen LogP contribution in [0.3, 0.4) is 0 Å². The first-order valence-electron chi connectivity index (χ1n) is 10.1. The van der Waals surface area contributed by atoms with Crippen LogP contribution >= 0.6 is 11.6 Å². The maximum absolute atomic E-state index is 12.4. The van der Waals surface area contributed by atoms with Gasteiger partial charge < -0.3 is 15.2 Å². The molecule has 31 heavy (non-hydrogen) atoms. The number of benzene rings is 3. The summed E-state index contributed by atoms with van der Waals surface area (Å²) in [7, 11) is 0. The van der Waals surface area contributed by atoms with Crippen molar-refractivity contribution in [3.63, 3.8) is 0 Å². The van der Waals surface area contributed by atoms with Gasteiger partial charge in [0.15, 0.2) is 0 Å². The monoisotopic (exact) mass is 435 g/mol. The first-order chi connectivity index (χ1) is 15.0. The lowest BCUT2D eigenvalue weighted by Crippen LogP contribution is -2.29. The highest BCUT2D eigenvalue weighted by molar-refractivity contribution is 6.30. The molecule has 158 valence electrons. The third-order valence-corrected chi connectivity index (χ3v) is 5.65. The molecule has 1 aliphatic carbocycles. The molecule has 0 fully saturated rings. The largest absolute Gasteiger partial charge is 0.481 e. The second kappa shape index (κ2) is 9.23. The number of alkyl carbamates (subject to hydrolysis) is 1. The quantitative estimate of drug-likeness (QED) is 0.388. The summed E-state index contributed by atoms with van der Waals surface area (Å²) < 4.78 is 5.42. The molecule has 0 spiro atoms. The minimum absolute atomic E-state index is 0.0805. The van der Waals surface area contributed by atoms with Crippen LogP contribution in [0.15, 0.2) is 66.7 Å². The third-order valence-electron chi connectivity index (χ3n) is 5.42. The van der Waals surface area contributed by atoms with E-state index in [2.05, 4.69) is 29.6 Å². The number of carbonyl (C=O) groups excluding carboxylic acids is 1. The lowest BCUT2D eigenvalue weighted by Gasteiger charge is -2.19. The van der Waals surface area contributed by atoms with Crippen molar-refractivity contribution in [2.45, 2.75) is 31.9 Å². The molecule has 6 heteroatoms. The number of carboxylic acid groups (broad SMARTS) is 1. The summed E-state index contributed by atoms with van der Waals surface area (Å²) in [6.07, 6.45) is 0.432. The Hall–Kier alpha value is -3.31. The van der Waals surface area contributed by atoms with Crippen LogP contribution in [-0.4, -0.2) is 17.2 Å². The number of carboxylic acids is 1. The first-order valence-corrected chi connectivity index (χ1v) is 10.5. The molecule has 0 aliphatic heterocycles. The van der Waals surface area contributed by atoms with E-state index in [4.69, 9.17) is 21.4 Å². The standard InChI is InChI=1S/C25H22ClNO4/c26-20-6-3-5-18(14-20)23(10-11-24(28)29)27-25(30)31-15-16-8-9-22-19(12-16)13-17-4-1-2-7-21(17)22/h1-9,12,14,23H,10-11,13,15H2,(H,27,30)(H,28,29)/t23-/m0/s1. The van der Waals surface area contributed by atoms with E-state index in [1.807, 2.05) is 18.2 Å². The number of carbonyl (C=O) groups is 2. The average Bonchev–Trinajstić information content (AvgIpc) is 3.13. The molecule has 3 aromatic rings. The summed E-state index contributed by atoms with van der Waals surface area (Å²) in [5, 5.41) is 12.3. The Labute approximate surface area is 185 Å². The Balaban J connectivity index is 1.39. The Morgan fingerprint density at radius 2 is 1.81 bits per heavy atom. The molecular weight excluding hydrogens is 414 g/mol. The van der Waals surface area contributed by atoms with Gasteiger partial charge in [-0.2, -0.15) is 0 Å². The third kappa shape index (κ3) is 5.06. The van der Waals surface area contributed by atoms with Gasteiger partial charge in [-0.1, -0.05) is 66.2 Å². The number of nitrogens with one attached hydrogen (secondary N) is 1. The maximum Gasteiger partial charge on any atom is 0.407 e. The fourth-order valence-electron chi connectivity index (χ4n) is 3.93. The summed E-state index contributed by atoms with van der Waals surface area (Å²) in [6.45, 7) is 0.136. The molecular formula is C25H22ClNO4. The summed E-state index contributed by atoms with van der Waals surface area (Å²) in [5.41, 5.74) is 6.65. The topological polar surface area (TPSA) is 75.6 Å². The summed E-state index contributed by atoms with van der Waals surface area (Å²) in [6, 6.07) is 20.9. The fraction of sp³-hybridized carbons (Fsp3) is 0.200. The van der Waals surface area contributed by atoms with Gasteiger partial charge in [0.25, 0.3) is 0 Å². The van der Waals surface area contributed by atoms with Crippen LogP contribution < -0.4 is 5.32 Å². The second-order valence-electron chi connectivity index (χ2n) is 7.59. The van der Waals surface area contributed by atoms with Gasteiger partial charge in [0.1, 0.15) is 6.61 Å². The smallest absolute Gasteiger partial charge is 0.407 e. The van der Waals surface area contributed by atoms with E-state index in [0.717, 1.165) is 17.5 Å². The van der Waals surface area contributed by atoms with Crippen molar-refractivity contribution in [3.05, 3.63) is 94.0 Å². The Morgan fingerprint density at radius 3 is 2.61 bits per heavy atom. The van der Waals surface area contributed by atoms with Crippen molar-refractivity contribution >= 4 is 23.7 Å². The van der Waals surface area contributed by atoms with Crippen LogP contribution in [-0.2, 0) is 22.6 Å². The summed E-state index contributed by atoms with van der Waals surface area (Å²) in [4.78, 5) is 23.4. The number of ether oxygens (including phenoxy) is 1. The van der Waals surface area contributed by atoms with E-state index in [1.165, 1.54) is 22.3 Å². The molecule has 4 rings (SSSR count). The minimum atomic E-state index is -0.929. The number of hydrogen-bond donors (Lipinski definition) is 2. The van der Waals surface area contributed by atoms with Gasteiger partial charge in [0.2, 0.25) is 0 Å². The van der Waals surface area contributed by atoms with Gasteiger partial charge in [0.05, 0.1) is 6.04 Å². The van der Waals surface area contributed by atoms with Crippen LogP contribution in [0.5, 0.6) is 0 Å². The summed E-state index contributed by atoms with van der Waals surface area (Å²) >= 11 is 6.05. The molecule has 0 aromatic heterocycles. The first kappa shape index (κ1) is 20.9. The van der Waals surface area contributed by atoms with E-state index in [9.17, 15) is 9.59 Å². The molecule has 1 amide bonds. The highest BCUT2D eigenvalue weighted by atomic mass is 35.5. The van der Waals surface area contributed by atoms with Crippen molar-refractivity contribution in [2.75, 3.05) is 0 Å². The Morgan fingerprint density at radius 1 is 1.00 bits per heavy atom. The van der Waals surface area contributed by atoms with Crippen molar-refractivity contribution < 1.29 is 19.4 Å². The van der Waals surface area contributed by atoms with E-state index in [0.29, 0.717) is 5.02 Å². The molecule has 2 N–H and O–H groups in total. The second-order valence-corrected chi connectivity index (χ2v) is 8.02. The zero-order chi connectivity index (χ0) is 21.8. The molecule has 0 saturated heterocycles. The molecule has 0 heterocycles. The van der Waals surface area contributed by atoms with Gasteiger partial charge in [0, 0.05) is 11.4 Å². The van der Waals surface area contributed by atoms with Gasteiger partial charge >= 0.3 is 12.1 Å². The number of rotatable bonds is 7. The maximum atomic E-state index is 12.4. The molecule has 0 unspecified atom stereocenters. The predicted octanol–water partition coefficient (Wildman–Crippen LogP) is 5.74. The molecule has 1 aliphatic rings. The number of aliphatic carboxylic acids is 1. The minimum Gasteiger partial charge on any atom is -0.481 e. The van der Waals surface area contributed by atoms with Crippen molar-refractivity contribution in [3.8, 4) is 11.1 Å². The van der Waals surface area contributed by atoms with Crippen LogP contribution in [0.25, 0.3) is 11.1 Å². The molecule has 0 radical (unpaired) electrons. The zero-order valence-electron chi connectivity index (χ0n) is 16.8. The summed E-state index contributed by atoms with van der Waals surface area (Å²) in [5.74, 6) is -0.929. The fourth-order valence-corrected chi connectivity index (χ4v) is 4.13. The van der Waals surface area contributed by atoms with Gasteiger partial charge in [-0.25, -0.2) is 4.79 Å². The van der Waals surface area contributed by atoms with Gasteiger partial charge in [-0.15, -0.1) is 0 Å². The lowest BCUT2D eigenvalue weighted by atomic mass is 10.0. The molecule has 3 aromatic carbocycles. The van der Waals surface area contributed by atoms with Crippen LogP contribution in [0, 0.1) is 0 Å². The highest BCUT2D eigenvalue weighted by Crippen LogP contribution is 2.36. The highest BCUT2D eigenvalue weighted by Gasteiger charge is 2.19. The van der Waals surface area contributed by atoms with Crippen LogP contribution in [0.2, 0.25) is 5.02 Å². The number of halogens is 1. The lowest BCUT2D eigenvalue weighted by molar-refractivity contribution is -0.137. The normalized spacial score (nSPS) is 12.5. The zero-order valence-corrected chi connectivity index (χ0v) is 17.6. The Kier molecular flexibility index (Phi) is 6.23.